The smallest absolute Gasteiger partial charge is 0.157 e. The van der Waals surface area contributed by atoms with Crippen LogP contribution in [-0.4, -0.2) is 67.3 Å². The molecule has 1 aromatic rings. The second kappa shape index (κ2) is 8.57. The monoisotopic (exact) mass is 320 g/mol. The van der Waals surface area contributed by atoms with Gasteiger partial charge in [0.2, 0.25) is 0 Å². The summed E-state index contributed by atoms with van der Waals surface area (Å²) < 4.78 is 11.5. The fourth-order valence-corrected chi connectivity index (χ4v) is 3.34. The number of piperidine rings is 1. The third-order valence-electron chi connectivity index (χ3n) is 4.79. The van der Waals surface area contributed by atoms with Gasteiger partial charge >= 0.3 is 0 Å². The number of likely N-dealkylation sites (N-methyl/N-ethyl adjacent to an activating group) is 1. The summed E-state index contributed by atoms with van der Waals surface area (Å²) in [5.74, 6) is 0.984. The lowest BCUT2D eigenvalue weighted by molar-refractivity contribution is -0.164. The minimum atomic E-state index is 0.0135. The number of hydrogen-bond donors (Lipinski definition) is 0. The Bertz CT molecular complexity index is 453. The van der Waals surface area contributed by atoms with Gasteiger partial charge in [-0.3, -0.25) is 4.90 Å². The molecule has 2 unspecified atom stereocenters. The first-order valence-corrected chi connectivity index (χ1v) is 8.79. The molecule has 128 valence electrons. The van der Waals surface area contributed by atoms with E-state index in [1.807, 2.05) is 12.1 Å². The Hall–Kier alpha value is -1.24. The molecule has 0 amide bonds. The maximum atomic E-state index is 5.86. The first-order chi connectivity index (χ1) is 11.3. The van der Waals surface area contributed by atoms with Crippen LogP contribution >= 0.6 is 0 Å². The number of nitrogens with zero attached hydrogens (tertiary/aromatic N) is 4. The van der Waals surface area contributed by atoms with Gasteiger partial charge in [-0.15, -0.1) is 5.10 Å². The summed E-state index contributed by atoms with van der Waals surface area (Å²) in [5.41, 5.74) is 0. The van der Waals surface area contributed by atoms with Crippen molar-refractivity contribution >= 4 is 5.82 Å². The second-order valence-corrected chi connectivity index (χ2v) is 6.47. The Morgan fingerprint density at radius 1 is 1.35 bits per heavy atom. The van der Waals surface area contributed by atoms with E-state index >= 15 is 0 Å². The summed E-state index contributed by atoms with van der Waals surface area (Å²) in [6, 6.07) is 4.54. The maximum Gasteiger partial charge on any atom is 0.157 e. The lowest BCUT2D eigenvalue weighted by Crippen LogP contribution is -2.47. The van der Waals surface area contributed by atoms with Crippen LogP contribution in [0.15, 0.2) is 18.3 Å². The van der Waals surface area contributed by atoms with Crippen molar-refractivity contribution in [2.75, 3.05) is 44.8 Å². The van der Waals surface area contributed by atoms with E-state index in [1.165, 1.54) is 25.7 Å². The summed E-state index contributed by atoms with van der Waals surface area (Å²) in [6.07, 6.45) is 7.58. The van der Waals surface area contributed by atoms with Crippen molar-refractivity contribution in [1.29, 1.82) is 0 Å². The summed E-state index contributed by atoms with van der Waals surface area (Å²) in [7, 11) is 2.19. The lowest BCUT2D eigenvalue weighted by Gasteiger charge is -2.38. The fourth-order valence-electron chi connectivity index (χ4n) is 3.34. The Morgan fingerprint density at radius 3 is 3.09 bits per heavy atom. The molecular formula is C17H28N4O2. The SMILES string of the molecule is CN(CCOC1CCCCO1)C1CCCN(c2cccnn2)C1. The zero-order valence-corrected chi connectivity index (χ0v) is 14.1. The second-order valence-electron chi connectivity index (χ2n) is 6.47. The van der Waals surface area contributed by atoms with Crippen LogP contribution in [0.4, 0.5) is 5.82 Å². The molecule has 3 heterocycles. The Kier molecular flexibility index (Phi) is 6.19. The van der Waals surface area contributed by atoms with Crippen molar-refractivity contribution in [3.63, 3.8) is 0 Å². The third kappa shape index (κ3) is 4.86. The van der Waals surface area contributed by atoms with Gasteiger partial charge in [-0.1, -0.05) is 0 Å². The molecule has 23 heavy (non-hydrogen) atoms. The van der Waals surface area contributed by atoms with Crippen molar-refractivity contribution in [2.24, 2.45) is 0 Å². The van der Waals surface area contributed by atoms with Gasteiger partial charge in [-0.05, 0) is 51.3 Å². The van der Waals surface area contributed by atoms with Gasteiger partial charge in [-0.2, -0.15) is 5.10 Å². The van der Waals surface area contributed by atoms with Gasteiger partial charge in [0.25, 0.3) is 0 Å². The van der Waals surface area contributed by atoms with Crippen LogP contribution in [0, 0.1) is 0 Å². The van der Waals surface area contributed by atoms with Gasteiger partial charge in [0.1, 0.15) is 0 Å². The molecular weight excluding hydrogens is 292 g/mol. The van der Waals surface area contributed by atoms with Crippen molar-refractivity contribution < 1.29 is 9.47 Å². The highest BCUT2D eigenvalue weighted by atomic mass is 16.7. The maximum absolute atomic E-state index is 5.86. The molecule has 0 spiro atoms. The van der Waals surface area contributed by atoms with Crippen LogP contribution in [0.25, 0.3) is 0 Å². The highest BCUT2D eigenvalue weighted by Gasteiger charge is 2.24. The molecule has 6 nitrogen and oxygen atoms in total. The minimum Gasteiger partial charge on any atom is -0.354 e. The Morgan fingerprint density at radius 2 is 2.30 bits per heavy atom. The molecule has 6 heteroatoms. The van der Waals surface area contributed by atoms with Crippen LogP contribution in [0.2, 0.25) is 0 Å². The summed E-state index contributed by atoms with van der Waals surface area (Å²) >= 11 is 0. The molecule has 0 saturated carbocycles. The standard InChI is InChI=1S/C17H28N4O2/c1-20(11-13-23-17-8-2-3-12-22-17)15-6-5-10-21(14-15)16-7-4-9-18-19-16/h4,7,9,15,17H,2-3,5-6,8,10-14H2,1H3. The number of aromatic nitrogens is 2. The molecule has 2 aliphatic heterocycles. The van der Waals surface area contributed by atoms with E-state index in [0.717, 1.165) is 45.1 Å². The van der Waals surface area contributed by atoms with Crippen molar-refractivity contribution in [3.05, 3.63) is 18.3 Å². The number of rotatable bonds is 6. The predicted molar refractivity (Wildman–Crippen MR) is 89.4 cm³/mol. The van der Waals surface area contributed by atoms with Crippen molar-refractivity contribution in [2.45, 2.75) is 44.4 Å². The third-order valence-corrected chi connectivity index (χ3v) is 4.79. The number of ether oxygens (including phenoxy) is 2. The first kappa shape index (κ1) is 16.6. The molecule has 1 aromatic heterocycles. The largest absolute Gasteiger partial charge is 0.354 e. The normalized spacial score (nSPS) is 25.7. The molecule has 0 aliphatic carbocycles. The molecule has 2 aliphatic rings. The molecule has 3 rings (SSSR count). The molecule has 0 radical (unpaired) electrons. The Labute approximate surface area is 138 Å². The van der Waals surface area contributed by atoms with Gasteiger partial charge in [0.15, 0.2) is 12.1 Å². The minimum absolute atomic E-state index is 0.0135. The first-order valence-electron chi connectivity index (χ1n) is 8.79. The number of hydrogen-bond acceptors (Lipinski definition) is 6. The highest BCUT2D eigenvalue weighted by molar-refractivity contribution is 5.37. The van der Waals surface area contributed by atoms with Gasteiger partial charge in [-0.25, -0.2) is 0 Å². The van der Waals surface area contributed by atoms with Crippen LogP contribution in [0.1, 0.15) is 32.1 Å². The van der Waals surface area contributed by atoms with E-state index in [4.69, 9.17) is 9.47 Å². The summed E-state index contributed by atoms with van der Waals surface area (Å²) in [5, 5.41) is 8.23. The van der Waals surface area contributed by atoms with Crippen LogP contribution < -0.4 is 4.90 Å². The van der Waals surface area contributed by atoms with Gasteiger partial charge in [0, 0.05) is 38.5 Å². The van der Waals surface area contributed by atoms with Crippen molar-refractivity contribution in [3.8, 4) is 0 Å². The van der Waals surface area contributed by atoms with E-state index in [1.54, 1.807) is 6.20 Å². The summed E-state index contributed by atoms with van der Waals surface area (Å²) in [6.45, 7) is 4.60. The fraction of sp³-hybridized carbons (Fsp3) is 0.765. The zero-order valence-electron chi connectivity index (χ0n) is 14.1. The van der Waals surface area contributed by atoms with Crippen molar-refractivity contribution in [1.82, 2.24) is 15.1 Å². The van der Waals surface area contributed by atoms with Crippen LogP contribution in [0.5, 0.6) is 0 Å². The Balaban J connectivity index is 1.42. The van der Waals surface area contributed by atoms with E-state index in [0.29, 0.717) is 6.04 Å². The van der Waals surface area contributed by atoms with E-state index in [2.05, 4.69) is 27.0 Å². The lowest BCUT2D eigenvalue weighted by atomic mass is 10.0. The van der Waals surface area contributed by atoms with Gasteiger partial charge in [0.05, 0.1) is 6.61 Å². The predicted octanol–water partition coefficient (Wildman–Crippen LogP) is 1.92. The average molecular weight is 320 g/mol. The molecule has 0 bridgehead atoms. The topological polar surface area (TPSA) is 50.7 Å². The molecule has 0 N–H and O–H groups in total. The molecule has 0 aromatic carbocycles. The number of anilines is 1. The van der Waals surface area contributed by atoms with E-state index in [9.17, 15) is 0 Å². The quantitative estimate of drug-likeness (QED) is 0.798. The van der Waals surface area contributed by atoms with E-state index in [-0.39, 0.29) is 6.29 Å². The summed E-state index contributed by atoms with van der Waals surface area (Å²) in [4.78, 5) is 4.74. The van der Waals surface area contributed by atoms with E-state index < -0.39 is 0 Å². The van der Waals surface area contributed by atoms with Gasteiger partial charge < -0.3 is 14.4 Å². The molecule has 2 fully saturated rings. The average Bonchev–Trinajstić information content (AvgIpc) is 2.63. The van der Waals surface area contributed by atoms with Crippen LogP contribution in [0.3, 0.4) is 0 Å². The molecule has 2 saturated heterocycles. The van der Waals surface area contributed by atoms with Crippen LogP contribution in [-0.2, 0) is 9.47 Å². The highest BCUT2D eigenvalue weighted by Crippen LogP contribution is 2.20. The zero-order chi connectivity index (χ0) is 15.9. The molecule has 2 atom stereocenters.